The summed E-state index contributed by atoms with van der Waals surface area (Å²) in [4.78, 5) is 4.29. The summed E-state index contributed by atoms with van der Waals surface area (Å²) in [6.45, 7) is 0.886. The Morgan fingerprint density at radius 2 is 2.42 bits per heavy atom. The molecule has 12 heavy (non-hydrogen) atoms. The number of nitrogens with one attached hydrogen (secondary N) is 1. The standard InChI is InChI=1S/C9H13N2P/c1-10-7-8-6-9(2-3-11-8)12-4-5-12/h2-3,6,10H,4-5,7H2,1H3. The van der Waals surface area contributed by atoms with Crippen molar-refractivity contribution < 1.29 is 0 Å². The Morgan fingerprint density at radius 1 is 1.58 bits per heavy atom. The lowest BCUT2D eigenvalue weighted by atomic mass is 10.3. The number of hydrogen-bond donors (Lipinski definition) is 1. The van der Waals surface area contributed by atoms with Crippen molar-refractivity contribution in [2.24, 2.45) is 0 Å². The molecule has 0 aromatic carbocycles. The van der Waals surface area contributed by atoms with E-state index in [9.17, 15) is 0 Å². The van der Waals surface area contributed by atoms with E-state index in [0.29, 0.717) is 0 Å². The van der Waals surface area contributed by atoms with Crippen LogP contribution in [0.25, 0.3) is 0 Å². The molecule has 1 N–H and O–H groups in total. The highest BCUT2D eigenvalue weighted by Gasteiger charge is 2.22. The first-order chi connectivity index (χ1) is 5.90. The van der Waals surface area contributed by atoms with Gasteiger partial charge in [-0.05, 0) is 36.8 Å². The van der Waals surface area contributed by atoms with Crippen molar-refractivity contribution in [3.63, 3.8) is 0 Å². The fourth-order valence-electron chi connectivity index (χ4n) is 1.25. The van der Waals surface area contributed by atoms with Gasteiger partial charge in [0.1, 0.15) is 0 Å². The molecule has 2 heterocycles. The molecule has 0 bridgehead atoms. The fourth-order valence-corrected chi connectivity index (χ4v) is 2.77. The predicted molar refractivity (Wildman–Crippen MR) is 53.3 cm³/mol. The molecule has 1 aromatic heterocycles. The van der Waals surface area contributed by atoms with E-state index < -0.39 is 0 Å². The monoisotopic (exact) mass is 180 g/mol. The van der Waals surface area contributed by atoms with Crippen molar-refractivity contribution >= 4 is 13.2 Å². The Hall–Kier alpha value is -0.460. The Bertz CT molecular complexity index is 271. The zero-order valence-corrected chi connectivity index (χ0v) is 8.14. The topological polar surface area (TPSA) is 24.9 Å². The van der Waals surface area contributed by atoms with Crippen molar-refractivity contribution in [1.82, 2.24) is 10.3 Å². The lowest BCUT2D eigenvalue weighted by molar-refractivity contribution is 0.792. The number of pyridine rings is 1. The third-order valence-corrected chi connectivity index (χ3v) is 3.87. The molecular formula is C9H13N2P. The van der Waals surface area contributed by atoms with Crippen LogP contribution >= 0.6 is 7.92 Å². The van der Waals surface area contributed by atoms with Gasteiger partial charge in [-0.25, -0.2) is 0 Å². The molecule has 0 amide bonds. The highest BCUT2D eigenvalue weighted by atomic mass is 31.1. The van der Waals surface area contributed by atoms with Gasteiger partial charge in [0.2, 0.25) is 0 Å². The first-order valence-electron chi connectivity index (χ1n) is 4.24. The molecule has 2 rings (SSSR count). The maximum absolute atomic E-state index is 4.29. The summed E-state index contributed by atoms with van der Waals surface area (Å²) in [5.41, 5.74) is 1.17. The van der Waals surface area contributed by atoms with E-state index >= 15 is 0 Å². The zero-order valence-electron chi connectivity index (χ0n) is 7.25. The quantitative estimate of drug-likeness (QED) is 0.700. The lowest BCUT2D eigenvalue weighted by Crippen LogP contribution is -2.09. The second-order valence-electron chi connectivity index (χ2n) is 3.02. The highest BCUT2D eigenvalue weighted by molar-refractivity contribution is 7.72. The van der Waals surface area contributed by atoms with Gasteiger partial charge in [-0.3, -0.25) is 4.98 Å². The maximum atomic E-state index is 4.29. The van der Waals surface area contributed by atoms with Crippen molar-refractivity contribution in [1.29, 1.82) is 0 Å². The van der Waals surface area contributed by atoms with Crippen LogP contribution in [0.4, 0.5) is 0 Å². The molecule has 0 saturated carbocycles. The molecular weight excluding hydrogens is 167 g/mol. The van der Waals surface area contributed by atoms with Crippen LogP contribution in [0, 0.1) is 0 Å². The number of nitrogens with zero attached hydrogens (tertiary/aromatic N) is 1. The molecule has 0 radical (unpaired) electrons. The molecule has 1 aromatic rings. The van der Waals surface area contributed by atoms with Crippen molar-refractivity contribution in [2.45, 2.75) is 6.54 Å². The number of rotatable bonds is 3. The van der Waals surface area contributed by atoms with E-state index in [4.69, 9.17) is 0 Å². The third kappa shape index (κ3) is 1.82. The van der Waals surface area contributed by atoms with Gasteiger partial charge in [-0.2, -0.15) is 0 Å². The van der Waals surface area contributed by atoms with Gasteiger partial charge >= 0.3 is 0 Å². The molecule has 64 valence electrons. The summed E-state index contributed by atoms with van der Waals surface area (Å²) < 4.78 is 0. The van der Waals surface area contributed by atoms with Crippen LogP contribution in [0.5, 0.6) is 0 Å². The van der Waals surface area contributed by atoms with Crippen LogP contribution < -0.4 is 10.6 Å². The fraction of sp³-hybridized carbons (Fsp3) is 0.444. The first-order valence-corrected chi connectivity index (χ1v) is 5.96. The van der Waals surface area contributed by atoms with Crippen LogP contribution in [0.3, 0.4) is 0 Å². The van der Waals surface area contributed by atoms with E-state index in [1.807, 2.05) is 13.2 Å². The minimum atomic E-state index is 0.260. The van der Waals surface area contributed by atoms with Crippen LogP contribution in [0.15, 0.2) is 18.3 Å². The Kier molecular flexibility index (Phi) is 2.38. The molecule has 1 fully saturated rings. The van der Waals surface area contributed by atoms with Gasteiger partial charge in [0.05, 0.1) is 5.69 Å². The molecule has 1 aliphatic heterocycles. The summed E-state index contributed by atoms with van der Waals surface area (Å²) in [6, 6.07) is 4.41. The smallest absolute Gasteiger partial charge is 0.0547 e. The van der Waals surface area contributed by atoms with Gasteiger partial charge in [0.25, 0.3) is 0 Å². The minimum absolute atomic E-state index is 0.260. The van der Waals surface area contributed by atoms with Gasteiger partial charge in [0, 0.05) is 12.7 Å². The van der Waals surface area contributed by atoms with Crippen LogP contribution in [-0.2, 0) is 6.54 Å². The van der Waals surface area contributed by atoms with E-state index in [0.717, 1.165) is 6.54 Å². The molecule has 0 aliphatic carbocycles. The highest BCUT2D eigenvalue weighted by Crippen LogP contribution is 2.48. The molecule has 0 atom stereocenters. The second-order valence-corrected chi connectivity index (χ2v) is 5.51. The summed E-state index contributed by atoms with van der Waals surface area (Å²) in [5, 5.41) is 4.65. The molecule has 0 unspecified atom stereocenters. The van der Waals surface area contributed by atoms with Crippen molar-refractivity contribution in [2.75, 3.05) is 19.4 Å². The van der Waals surface area contributed by atoms with Gasteiger partial charge in [-0.1, -0.05) is 7.92 Å². The first kappa shape index (κ1) is 8.15. The Labute approximate surface area is 74.2 Å². The normalized spacial score (nSPS) is 16.4. The summed E-state index contributed by atoms with van der Waals surface area (Å²) in [5.74, 6) is 0. The molecule has 0 spiro atoms. The van der Waals surface area contributed by atoms with Gasteiger partial charge in [-0.15, -0.1) is 0 Å². The van der Waals surface area contributed by atoms with Crippen LogP contribution in [0.2, 0.25) is 0 Å². The SMILES string of the molecule is CNCc1cc(P2CC2)ccn1. The molecule has 2 nitrogen and oxygen atoms in total. The Balaban J connectivity index is 2.15. The van der Waals surface area contributed by atoms with E-state index in [1.54, 1.807) is 0 Å². The van der Waals surface area contributed by atoms with Crippen LogP contribution in [0.1, 0.15) is 5.69 Å². The van der Waals surface area contributed by atoms with E-state index in [2.05, 4.69) is 22.4 Å². The van der Waals surface area contributed by atoms with Crippen molar-refractivity contribution in [3.05, 3.63) is 24.0 Å². The molecule has 3 heteroatoms. The Morgan fingerprint density at radius 3 is 3.08 bits per heavy atom. The summed E-state index contributed by atoms with van der Waals surface area (Å²) >= 11 is 0. The van der Waals surface area contributed by atoms with E-state index in [-0.39, 0.29) is 7.92 Å². The number of hydrogen-bond acceptors (Lipinski definition) is 2. The largest absolute Gasteiger partial charge is 0.314 e. The van der Waals surface area contributed by atoms with Crippen molar-refractivity contribution in [3.8, 4) is 0 Å². The average molecular weight is 180 g/mol. The van der Waals surface area contributed by atoms with Gasteiger partial charge in [0.15, 0.2) is 0 Å². The summed E-state index contributed by atoms with van der Waals surface area (Å²) in [7, 11) is 2.21. The lowest BCUT2D eigenvalue weighted by Gasteiger charge is -2.01. The maximum Gasteiger partial charge on any atom is 0.0547 e. The zero-order chi connectivity index (χ0) is 8.39. The average Bonchev–Trinajstić information content (AvgIpc) is 2.88. The number of aromatic nitrogens is 1. The minimum Gasteiger partial charge on any atom is -0.314 e. The summed E-state index contributed by atoms with van der Waals surface area (Å²) in [6.07, 6.45) is 4.79. The van der Waals surface area contributed by atoms with E-state index in [1.165, 1.54) is 23.3 Å². The third-order valence-electron chi connectivity index (χ3n) is 1.97. The van der Waals surface area contributed by atoms with Gasteiger partial charge < -0.3 is 5.32 Å². The molecule has 1 saturated heterocycles. The predicted octanol–water partition coefficient (Wildman–Crippen LogP) is 0.922. The van der Waals surface area contributed by atoms with Crippen LogP contribution in [-0.4, -0.2) is 24.4 Å². The second kappa shape index (κ2) is 3.51. The molecule has 1 aliphatic rings.